The number of aryl methyl sites for hydroxylation is 1. The Hall–Kier alpha value is -2.35. The van der Waals surface area contributed by atoms with E-state index in [1.165, 1.54) is 0 Å². The van der Waals surface area contributed by atoms with Crippen LogP contribution in [0.15, 0.2) is 59.4 Å². The number of aromatic nitrogens is 1. The van der Waals surface area contributed by atoms with E-state index in [0.717, 1.165) is 27.6 Å². The lowest BCUT2D eigenvalue weighted by atomic mass is 10.0. The van der Waals surface area contributed by atoms with Crippen molar-refractivity contribution in [3.8, 4) is 11.3 Å². The predicted molar refractivity (Wildman–Crippen MR) is 79.4 cm³/mol. The fourth-order valence-corrected chi connectivity index (χ4v) is 2.66. The minimum atomic E-state index is 0.0556. The van der Waals surface area contributed by atoms with Crippen LogP contribution in [-0.2, 0) is 7.05 Å². The van der Waals surface area contributed by atoms with E-state index in [9.17, 15) is 4.79 Å². The van der Waals surface area contributed by atoms with Crippen LogP contribution >= 0.6 is 0 Å². The summed E-state index contributed by atoms with van der Waals surface area (Å²) in [6, 6.07) is 17.8. The van der Waals surface area contributed by atoms with Gasteiger partial charge in [0.25, 0.3) is 5.56 Å². The summed E-state index contributed by atoms with van der Waals surface area (Å²) in [7, 11) is 1.84. The smallest absolute Gasteiger partial charge is 0.258 e. The van der Waals surface area contributed by atoms with E-state index in [2.05, 4.69) is 6.92 Å². The minimum absolute atomic E-state index is 0.0556. The van der Waals surface area contributed by atoms with E-state index in [0.29, 0.717) is 0 Å². The molecule has 0 fully saturated rings. The maximum atomic E-state index is 12.4. The van der Waals surface area contributed by atoms with E-state index in [1.54, 1.807) is 4.57 Å². The highest BCUT2D eigenvalue weighted by atomic mass is 16.1. The van der Waals surface area contributed by atoms with Crippen LogP contribution in [0.1, 0.15) is 5.56 Å². The Labute approximate surface area is 111 Å². The van der Waals surface area contributed by atoms with Crippen LogP contribution in [0.25, 0.3) is 22.0 Å². The van der Waals surface area contributed by atoms with Gasteiger partial charge < -0.3 is 4.57 Å². The van der Waals surface area contributed by atoms with E-state index in [-0.39, 0.29) is 5.56 Å². The van der Waals surface area contributed by atoms with Gasteiger partial charge in [-0.1, -0.05) is 48.5 Å². The van der Waals surface area contributed by atoms with Crippen molar-refractivity contribution in [2.75, 3.05) is 0 Å². The largest absolute Gasteiger partial charge is 0.311 e. The third-order valence-corrected chi connectivity index (χ3v) is 3.60. The quantitative estimate of drug-likeness (QED) is 0.647. The zero-order chi connectivity index (χ0) is 13.4. The van der Waals surface area contributed by atoms with Crippen molar-refractivity contribution in [2.45, 2.75) is 6.92 Å². The van der Waals surface area contributed by atoms with Gasteiger partial charge >= 0.3 is 0 Å². The molecule has 0 atom stereocenters. The van der Waals surface area contributed by atoms with Crippen molar-refractivity contribution in [1.29, 1.82) is 0 Å². The van der Waals surface area contributed by atoms with Crippen molar-refractivity contribution >= 4 is 10.8 Å². The molecular formula is C17H15NO. The molecule has 0 unspecified atom stereocenters. The highest BCUT2D eigenvalue weighted by molar-refractivity contribution is 5.89. The first-order valence-corrected chi connectivity index (χ1v) is 6.34. The molecule has 3 rings (SSSR count). The van der Waals surface area contributed by atoms with Gasteiger partial charge in [-0.05, 0) is 29.5 Å². The van der Waals surface area contributed by atoms with Crippen LogP contribution in [0.3, 0.4) is 0 Å². The second kappa shape index (κ2) is 4.39. The molecule has 0 saturated heterocycles. The summed E-state index contributed by atoms with van der Waals surface area (Å²) in [5.41, 5.74) is 3.26. The van der Waals surface area contributed by atoms with Gasteiger partial charge in [-0.3, -0.25) is 4.79 Å². The molecule has 0 aliphatic carbocycles. The van der Waals surface area contributed by atoms with E-state index < -0.39 is 0 Å². The van der Waals surface area contributed by atoms with Crippen molar-refractivity contribution in [2.24, 2.45) is 7.05 Å². The lowest BCUT2D eigenvalue weighted by Crippen LogP contribution is -2.19. The lowest BCUT2D eigenvalue weighted by Gasteiger charge is -2.14. The second-order valence-corrected chi connectivity index (χ2v) is 4.75. The molecule has 19 heavy (non-hydrogen) atoms. The molecule has 2 aromatic carbocycles. The van der Waals surface area contributed by atoms with Crippen molar-refractivity contribution in [1.82, 2.24) is 4.57 Å². The first kappa shape index (κ1) is 11.7. The van der Waals surface area contributed by atoms with Gasteiger partial charge in [-0.15, -0.1) is 0 Å². The summed E-state index contributed by atoms with van der Waals surface area (Å²) in [4.78, 5) is 12.4. The number of pyridine rings is 1. The SMILES string of the molecule is Cc1c(-c2ccccc2)n(C)c(=O)c2ccccc12. The Morgan fingerprint density at radius 1 is 0.842 bits per heavy atom. The van der Waals surface area contributed by atoms with Crippen LogP contribution < -0.4 is 5.56 Å². The van der Waals surface area contributed by atoms with Crippen LogP contribution in [0.5, 0.6) is 0 Å². The molecule has 0 amide bonds. The standard InChI is InChI=1S/C17H15NO/c1-12-14-10-6-7-11-15(14)17(19)18(2)16(12)13-8-4-3-5-9-13/h3-11H,1-2H3. The van der Waals surface area contributed by atoms with Gasteiger partial charge in [-0.2, -0.15) is 0 Å². The molecule has 0 radical (unpaired) electrons. The average molecular weight is 249 g/mol. The number of hydrogen-bond donors (Lipinski definition) is 0. The van der Waals surface area contributed by atoms with Crippen LogP contribution in [0.4, 0.5) is 0 Å². The van der Waals surface area contributed by atoms with Gasteiger partial charge in [0, 0.05) is 12.4 Å². The fraction of sp³-hybridized carbons (Fsp3) is 0.118. The molecule has 1 aromatic heterocycles. The summed E-state index contributed by atoms with van der Waals surface area (Å²) in [6.45, 7) is 2.07. The highest BCUT2D eigenvalue weighted by Crippen LogP contribution is 2.26. The first-order chi connectivity index (χ1) is 9.20. The third kappa shape index (κ3) is 1.76. The van der Waals surface area contributed by atoms with E-state index in [4.69, 9.17) is 0 Å². The number of nitrogens with zero attached hydrogens (tertiary/aromatic N) is 1. The molecule has 94 valence electrons. The highest BCUT2D eigenvalue weighted by Gasteiger charge is 2.12. The fourth-order valence-electron chi connectivity index (χ4n) is 2.66. The normalized spacial score (nSPS) is 10.8. The number of benzene rings is 2. The summed E-state index contributed by atoms with van der Waals surface area (Å²) >= 11 is 0. The number of hydrogen-bond acceptors (Lipinski definition) is 1. The van der Waals surface area contributed by atoms with Gasteiger partial charge in [0.2, 0.25) is 0 Å². The van der Waals surface area contributed by atoms with E-state index >= 15 is 0 Å². The Morgan fingerprint density at radius 3 is 2.11 bits per heavy atom. The maximum absolute atomic E-state index is 12.4. The van der Waals surface area contributed by atoms with Gasteiger partial charge in [0.1, 0.15) is 0 Å². The third-order valence-electron chi connectivity index (χ3n) is 3.60. The molecule has 0 spiro atoms. The van der Waals surface area contributed by atoms with Crippen molar-refractivity contribution in [3.63, 3.8) is 0 Å². The number of rotatable bonds is 1. The molecular weight excluding hydrogens is 234 g/mol. The van der Waals surface area contributed by atoms with E-state index in [1.807, 2.05) is 61.6 Å². The molecule has 1 heterocycles. The molecule has 0 bridgehead atoms. The molecule has 0 aliphatic rings. The molecule has 0 N–H and O–H groups in total. The van der Waals surface area contributed by atoms with Gasteiger partial charge in [0.05, 0.1) is 5.69 Å². The van der Waals surface area contributed by atoms with Gasteiger partial charge in [-0.25, -0.2) is 0 Å². The Balaban J connectivity index is 2.48. The summed E-state index contributed by atoms with van der Waals surface area (Å²) in [5.74, 6) is 0. The van der Waals surface area contributed by atoms with Crippen LogP contribution in [-0.4, -0.2) is 4.57 Å². The topological polar surface area (TPSA) is 22.0 Å². The summed E-state index contributed by atoms with van der Waals surface area (Å²) < 4.78 is 1.74. The minimum Gasteiger partial charge on any atom is -0.311 e. The number of fused-ring (bicyclic) bond motifs is 1. The molecule has 0 aliphatic heterocycles. The maximum Gasteiger partial charge on any atom is 0.258 e. The summed E-state index contributed by atoms with van der Waals surface area (Å²) in [6.07, 6.45) is 0. The molecule has 2 nitrogen and oxygen atoms in total. The first-order valence-electron chi connectivity index (χ1n) is 6.34. The monoisotopic (exact) mass is 249 g/mol. The Bertz CT molecular complexity index is 801. The van der Waals surface area contributed by atoms with Crippen LogP contribution in [0, 0.1) is 6.92 Å². The Kier molecular flexibility index (Phi) is 2.71. The molecule has 3 aromatic rings. The van der Waals surface area contributed by atoms with Crippen molar-refractivity contribution < 1.29 is 0 Å². The molecule has 0 saturated carbocycles. The predicted octanol–water partition coefficient (Wildman–Crippen LogP) is 3.51. The molecule has 2 heteroatoms. The van der Waals surface area contributed by atoms with Crippen molar-refractivity contribution in [3.05, 3.63) is 70.5 Å². The zero-order valence-corrected chi connectivity index (χ0v) is 11.1. The average Bonchev–Trinajstić information content (AvgIpc) is 2.46. The van der Waals surface area contributed by atoms with Crippen LogP contribution in [0.2, 0.25) is 0 Å². The summed E-state index contributed by atoms with van der Waals surface area (Å²) in [5, 5.41) is 1.81. The van der Waals surface area contributed by atoms with Gasteiger partial charge in [0.15, 0.2) is 0 Å². The lowest BCUT2D eigenvalue weighted by molar-refractivity contribution is 0.877. The zero-order valence-electron chi connectivity index (χ0n) is 11.1. The second-order valence-electron chi connectivity index (χ2n) is 4.75. The Morgan fingerprint density at radius 2 is 1.42 bits per heavy atom.